The van der Waals surface area contributed by atoms with Gasteiger partial charge in [-0.2, -0.15) is 13.2 Å². The highest BCUT2D eigenvalue weighted by Gasteiger charge is 2.45. The summed E-state index contributed by atoms with van der Waals surface area (Å²) in [5.74, 6) is 0.170. The van der Waals surface area contributed by atoms with Gasteiger partial charge in [0.05, 0.1) is 13.2 Å². The zero-order valence-electron chi connectivity index (χ0n) is 8.83. The summed E-state index contributed by atoms with van der Waals surface area (Å²) >= 11 is 0. The van der Waals surface area contributed by atoms with Crippen LogP contribution in [0.5, 0.6) is 0 Å². The van der Waals surface area contributed by atoms with Gasteiger partial charge in [-0.25, -0.2) is 0 Å². The van der Waals surface area contributed by atoms with Crippen LogP contribution in [0.25, 0.3) is 0 Å². The Morgan fingerprint density at radius 3 is 2.82 bits per heavy atom. The second kappa shape index (κ2) is 4.40. The number of alkyl halides is 3. The molecule has 2 rings (SSSR count). The molecule has 1 aliphatic rings. The summed E-state index contributed by atoms with van der Waals surface area (Å²) in [6.07, 6.45) is -4.38. The van der Waals surface area contributed by atoms with Crippen molar-refractivity contribution in [2.75, 3.05) is 24.7 Å². The minimum atomic E-state index is -4.38. The molecule has 1 saturated heterocycles. The molecule has 7 heteroatoms. The molecule has 1 aromatic rings. The Balaban J connectivity index is 2.31. The van der Waals surface area contributed by atoms with Gasteiger partial charge in [-0.1, -0.05) is 6.07 Å². The molecule has 0 radical (unpaired) electrons. The number of anilines is 1. The molecular weight excluding hydrogens is 237 g/mol. The van der Waals surface area contributed by atoms with Gasteiger partial charge in [0.25, 0.3) is 0 Å². The van der Waals surface area contributed by atoms with Crippen LogP contribution in [0.15, 0.2) is 23.0 Å². The van der Waals surface area contributed by atoms with Crippen LogP contribution in [-0.4, -0.2) is 37.0 Å². The van der Waals surface area contributed by atoms with Crippen molar-refractivity contribution in [3.8, 4) is 0 Å². The molecule has 1 aliphatic heterocycles. The van der Waals surface area contributed by atoms with Gasteiger partial charge < -0.3 is 14.6 Å². The van der Waals surface area contributed by atoms with Crippen LogP contribution in [0.4, 0.5) is 19.0 Å². The van der Waals surface area contributed by atoms with Crippen LogP contribution >= 0.6 is 0 Å². The van der Waals surface area contributed by atoms with Crippen molar-refractivity contribution in [1.82, 2.24) is 4.98 Å². The zero-order chi connectivity index (χ0) is 12.5. The van der Waals surface area contributed by atoms with E-state index in [4.69, 9.17) is 4.74 Å². The number of morpholine rings is 1. The molecule has 0 spiro atoms. The van der Waals surface area contributed by atoms with Crippen LogP contribution in [-0.2, 0) is 4.74 Å². The number of rotatable bonds is 1. The number of hydrogen-bond donors (Lipinski definition) is 1. The van der Waals surface area contributed by atoms with Gasteiger partial charge >= 0.3 is 6.18 Å². The third-order valence-electron chi connectivity index (χ3n) is 2.57. The average Bonchev–Trinajstić information content (AvgIpc) is 2.28. The first-order valence-corrected chi connectivity index (χ1v) is 5.09. The van der Waals surface area contributed by atoms with E-state index in [1.54, 1.807) is 0 Å². The van der Waals surface area contributed by atoms with E-state index >= 15 is 0 Å². The van der Waals surface area contributed by atoms with Crippen molar-refractivity contribution in [3.05, 3.63) is 28.6 Å². The molecule has 0 amide bonds. The Hall–Kier alpha value is -1.50. The number of ether oxygens (including phenoxy) is 1. The standard InChI is InChI=1S/C10H11F3N2O2/c11-10(12,13)7-6-17-5-4-15(7)8-2-1-3-9(16)14-8/h1-3,7H,4-6H2,(H,14,16). The summed E-state index contributed by atoms with van der Waals surface area (Å²) in [6, 6.07) is 2.42. The van der Waals surface area contributed by atoms with Crippen molar-refractivity contribution in [1.29, 1.82) is 0 Å². The maximum Gasteiger partial charge on any atom is 0.411 e. The van der Waals surface area contributed by atoms with E-state index in [-0.39, 0.29) is 19.0 Å². The van der Waals surface area contributed by atoms with E-state index in [1.807, 2.05) is 0 Å². The average molecular weight is 248 g/mol. The summed E-state index contributed by atoms with van der Waals surface area (Å²) in [5, 5.41) is 0. The lowest BCUT2D eigenvalue weighted by molar-refractivity contribution is -0.167. The largest absolute Gasteiger partial charge is 0.411 e. The summed E-state index contributed by atoms with van der Waals surface area (Å²) in [6.45, 7) is -0.103. The Labute approximate surface area is 95.0 Å². The maximum absolute atomic E-state index is 12.8. The van der Waals surface area contributed by atoms with Crippen LogP contribution in [0, 0.1) is 0 Å². The first-order valence-electron chi connectivity index (χ1n) is 5.09. The number of pyridine rings is 1. The highest BCUT2D eigenvalue weighted by atomic mass is 19.4. The molecule has 1 fully saturated rings. The number of nitrogens with one attached hydrogen (secondary N) is 1. The molecule has 1 atom stereocenters. The fourth-order valence-corrected chi connectivity index (χ4v) is 1.77. The smallest absolute Gasteiger partial charge is 0.377 e. The van der Waals surface area contributed by atoms with Gasteiger partial charge in [0.2, 0.25) is 5.56 Å². The maximum atomic E-state index is 12.8. The molecule has 1 N–H and O–H groups in total. The highest BCUT2D eigenvalue weighted by molar-refractivity contribution is 5.40. The van der Waals surface area contributed by atoms with Gasteiger partial charge in [0.1, 0.15) is 11.9 Å². The fourth-order valence-electron chi connectivity index (χ4n) is 1.77. The number of aromatic amines is 1. The zero-order valence-corrected chi connectivity index (χ0v) is 8.83. The number of hydrogen-bond acceptors (Lipinski definition) is 3. The predicted molar refractivity (Wildman–Crippen MR) is 55.1 cm³/mol. The Morgan fingerprint density at radius 2 is 2.18 bits per heavy atom. The fraction of sp³-hybridized carbons (Fsp3) is 0.500. The van der Waals surface area contributed by atoms with Gasteiger partial charge in [-0.05, 0) is 6.07 Å². The van der Waals surface area contributed by atoms with Gasteiger partial charge in [0, 0.05) is 12.6 Å². The van der Waals surface area contributed by atoms with Crippen LogP contribution in [0.3, 0.4) is 0 Å². The Bertz CT molecular complexity index is 444. The second-order valence-corrected chi connectivity index (χ2v) is 3.73. The molecule has 0 bridgehead atoms. The van der Waals surface area contributed by atoms with Gasteiger partial charge in [0.15, 0.2) is 0 Å². The van der Waals surface area contributed by atoms with Crippen molar-refractivity contribution in [3.63, 3.8) is 0 Å². The third kappa shape index (κ3) is 2.60. The number of nitrogens with zero attached hydrogens (tertiary/aromatic N) is 1. The van der Waals surface area contributed by atoms with E-state index in [2.05, 4.69) is 4.98 Å². The van der Waals surface area contributed by atoms with Crippen LogP contribution < -0.4 is 10.5 Å². The van der Waals surface area contributed by atoms with E-state index < -0.39 is 24.4 Å². The molecule has 0 saturated carbocycles. The van der Waals surface area contributed by atoms with Crippen molar-refractivity contribution in [2.45, 2.75) is 12.2 Å². The topological polar surface area (TPSA) is 45.3 Å². The first kappa shape index (κ1) is 12.0. The second-order valence-electron chi connectivity index (χ2n) is 3.73. The molecule has 17 heavy (non-hydrogen) atoms. The molecule has 0 aliphatic carbocycles. The lowest BCUT2D eigenvalue weighted by atomic mass is 10.2. The molecule has 94 valence electrons. The van der Waals surface area contributed by atoms with Crippen LogP contribution in [0.1, 0.15) is 0 Å². The van der Waals surface area contributed by atoms with E-state index in [0.29, 0.717) is 0 Å². The monoisotopic (exact) mass is 248 g/mol. The summed E-state index contributed by atoms with van der Waals surface area (Å²) < 4.78 is 43.1. The third-order valence-corrected chi connectivity index (χ3v) is 2.57. The van der Waals surface area contributed by atoms with Crippen molar-refractivity contribution >= 4 is 5.82 Å². The summed E-state index contributed by atoms with van der Waals surface area (Å²) in [7, 11) is 0. The lowest BCUT2D eigenvalue weighted by Gasteiger charge is -2.37. The summed E-state index contributed by atoms with van der Waals surface area (Å²) in [5.41, 5.74) is -0.421. The van der Waals surface area contributed by atoms with Crippen molar-refractivity contribution < 1.29 is 17.9 Å². The molecular formula is C10H11F3N2O2. The van der Waals surface area contributed by atoms with Gasteiger partial charge in [-0.3, -0.25) is 4.79 Å². The molecule has 0 aromatic carbocycles. The number of halogens is 3. The number of H-pyrrole nitrogens is 1. The molecule has 1 aromatic heterocycles. The Kier molecular flexibility index (Phi) is 3.10. The minimum Gasteiger partial charge on any atom is -0.377 e. The first-order chi connectivity index (χ1) is 7.98. The Morgan fingerprint density at radius 1 is 1.41 bits per heavy atom. The van der Waals surface area contributed by atoms with Crippen LogP contribution in [0.2, 0.25) is 0 Å². The highest BCUT2D eigenvalue weighted by Crippen LogP contribution is 2.29. The lowest BCUT2D eigenvalue weighted by Crippen LogP contribution is -2.54. The van der Waals surface area contributed by atoms with Crippen molar-refractivity contribution in [2.24, 2.45) is 0 Å². The normalized spacial score (nSPS) is 21.6. The van der Waals surface area contributed by atoms with E-state index in [0.717, 1.165) is 4.90 Å². The van der Waals surface area contributed by atoms with E-state index in [9.17, 15) is 18.0 Å². The summed E-state index contributed by atoms with van der Waals surface area (Å²) in [4.78, 5) is 14.6. The quantitative estimate of drug-likeness (QED) is 0.810. The SMILES string of the molecule is O=c1cccc(N2CCOCC2C(F)(F)F)[nH]1. The molecule has 1 unspecified atom stereocenters. The predicted octanol–water partition coefficient (Wildman–Crippen LogP) is 1.14. The molecule has 2 heterocycles. The van der Waals surface area contributed by atoms with E-state index in [1.165, 1.54) is 18.2 Å². The van der Waals surface area contributed by atoms with Gasteiger partial charge in [-0.15, -0.1) is 0 Å². The number of aromatic nitrogens is 1. The molecule has 4 nitrogen and oxygen atoms in total. The minimum absolute atomic E-state index is 0.101.